The lowest BCUT2D eigenvalue weighted by molar-refractivity contribution is 0.0924. The lowest BCUT2D eigenvalue weighted by Crippen LogP contribution is -2.30. The monoisotopic (exact) mass is 361 g/mol. The number of ether oxygens (including phenoxy) is 1. The van der Waals surface area contributed by atoms with Crippen LogP contribution in [0.15, 0.2) is 36.4 Å². The molecule has 3 rings (SSSR count). The van der Waals surface area contributed by atoms with E-state index in [9.17, 15) is 18.4 Å². The molecule has 0 aliphatic carbocycles. The number of carbonyl (C=O) groups excluding carboxylic acids is 2. The van der Waals surface area contributed by atoms with Gasteiger partial charge in [0, 0.05) is 12.7 Å². The minimum absolute atomic E-state index is 0.117. The standard InChI is InChI=1S/C19H17F2NO4/c20-12-4-7-17(16(21)10-12)22-18(24)14-6-5-13(11-15(14)19(22)25)26-9-3-1-2-8-23/h4-7,10-11,23H,1-3,8-9H2. The van der Waals surface area contributed by atoms with Gasteiger partial charge in [0.15, 0.2) is 0 Å². The van der Waals surface area contributed by atoms with Gasteiger partial charge in [-0.25, -0.2) is 13.7 Å². The molecule has 0 aromatic heterocycles. The molecule has 0 saturated heterocycles. The normalized spacial score (nSPS) is 13.3. The molecule has 0 saturated carbocycles. The first-order valence-corrected chi connectivity index (χ1v) is 8.24. The van der Waals surface area contributed by atoms with Gasteiger partial charge in [-0.1, -0.05) is 0 Å². The topological polar surface area (TPSA) is 66.8 Å². The van der Waals surface area contributed by atoms with Crippen molar-refractivity contribution in [2.45, 2.75) is 19.3 Å². The van der Waals surface area contributed by atoms with Gasteiger partial charge in [0.1, 0.15) is 17.4 Å². The Morgan fingerprint density at radius 2 is 1.69 bits per heavy atom. The highest BCUT2D eigenvalue weighted by Gasteiger charge is 2.38. The van der Waals surface area contributed by atoms with Crippen molar-refractivity contribution >= 4 is 17.5 Å². The van der Waals surface area contributed by atoms with Crippen molar-refractivity contribution < 1.29 is 28.2 Å². The van der Waals surface area contributed by atoms with Crippen molar-refractivity contribution in [1.82, 2.24) is 0 Å². The van der Waals surface area contributed by atoms with Gasteiger partial charge >= 0.3 is 0 Å². The Morgan fingerprint density at radius 1 is 0.923 bits per heavy atom. The van der Waals surface area contributed by atoms with E-state index in [0.717, 1.165) is 25.0 Å². The number of halogens is 2. The maximum Gasteiger partial charge on any atom is 0.266 e. The SMILES string of the molecule is O=C1c2ccc(OCCCCCO)cc2C(=O)N1c1ccc(F)cc1F. The van der Waals surface area contributed by atoms with Crippen LogP contribution in [-0.4, -0.2) is 30.1 Å². The second-order valence-electron chi connectivity index (χ2n) is 5.88. The summed E-state index contributed by atoms with van der Waals surface area (Å²) in [6.07, 6.45) is 2.26. The Kier molecular flexibility index (Phi) is 5.27. The maximum absolute atomic E-state index is 14.0. The van der Waals surface area contributed by atoms with E-state index in [1.54, 1.807) is 6.07 Å². The summed E-state index contributed by atoms with van der Waals surface area (Å²) < 4.78 is 32.6. The zero-order valence-corrected chi connectivity index (χ0v) is 13.9. The largest absolute Gasteiger partial charge is 0.494 e. The molecule has 0 unspecified atom stereocenters. The van der Waals surface area contributed by atoms with Crippen molar-refractivity contribution in [2.75, 3.05) is 18.1 Å². The van der Waals surface area contributed by atoms with Gasteiger partial charge in [0.25, 0.3) is 11.8 Å². The van der Waals surface area contributed by atoms with Crippen LogP contribution in [0.5, 0.6) is 5.75 Å². The maximum atomic E-state index is 14.0. The highest BCUT2D eigenvalue weighted by Crippen LogP contribution is 2.32. The first-order chi connectivity index (χ1) is 12.5. The van der Waals surface area contributed by atoms with Gasteiger partial charge in [-0.2, -0.15) is 0 Å². The number of anilines is 1. The highest BCUT2D eigenvalue weighted by atomic mass is 19.1. The predicted octanol–water partition coefficient (Wildman–Crippen LogP) is 3.31. The van der Waals surface area contributed by atoms with Crippen LogP contribution in [0.25, 0.3) is 0 Å². The number of fused-ring (bicyclic) bond motifs is 1. The fourth-order valence-corrected chi connectivity index (χ4v) is 2.77. The number of amides is 2. The van der Waals surface area contributed by atoms with E-state index < -0.39 is 23.4 Å². The Labute approximate surface area is 148 Å². The molecule has 26 heavy (non-hydrogen) atoms. The van der Waals surface area contributed by atoms with Gasteiger partial charge in [0.2, 0.25) is 0 Å². The van der Waals surface area contributed by atoms with Gasteiger partial charge in [-0.05, 0) is 49.6 Å². The van der Waals surface area contributed by atoms with Crippen LogP contribution >= 0.6 is 0 Å². The van der Waals surface area contributed by atoms with E-state index in [4.69, 9.17) is 9.84 Å². The lowest BCUT2D eigenvalue weighted by atomic mass is 10.1. The van der Waals surface area contributed by atoms with Crippen LogP contribution in [0.3, 0.4) is 0 Å². The van der Waals surface area contributed by atoms with Gasteiger partial charge < -0.3 is 9.84 Å². The highest BCUT2D eigenvalue weighted by molar-refractivity contribution is 6.34. The van der Waals surface area contributed by atoms with E-state index in [1.807, 2.05) is 0 Å². The quantitative estimate of drug-likeness (QED) is 0.607. The number of benzene rings is 2. The zero-order valence-electron chi connectivity index (χ0n) is 13.9. The Morgan fingerprint density at radius 3 is 2.42 bits per heavy atom. The first kappa shape index (κ1) is 18.0. The third kappa shape index (κ3) is 3.43. The molecule has 0 atom stereocenters. The van der Waals surface area contributed by atoms with Crippen LogP contribution in [0.4, 0.5) is 14.5 Å². The van der Waals surface area contributed by atoms with E-state index in [-0.39, 0.29) is 23.4 Å². The van der Waals surface area contributed by atoms with Crippen molar-refractivity contribution in [3.63, 3.8) is 0 Å². The Bertz CT molecular complexity index is 853. The molecule has 0 fully saturated rings. The zero-order chi connectivity index (χ0) is 18.7. The molecule has 0 bridgehead atoms. The molecule has 1 aliphatic rings. The third-order valence-electron chi connectivity index (χ3n) is 4.08. The second kappa shape index (κ2) is 7.61. The number of imide groups is 1. The molecule has 2 amide bonds. The van der Waals surface area contributed by atoms with E-state index in [2.05, 4.69) is 0 Å². The predicted molar refractivity (Wildman–Crippen MR) is 90.4 cm³/mol. The van der Waals surface area contributed by atoms with Crippen molar-refractivity contribution in [3.8, 4) is 5.75 Å². The van der Waals surface area contributed by atoms with E-state index in [0.29, 0.717) is 29.7 Å². The van der Waals surface area contributed by atoms with Gasteiger partial charge in [0.05, 0.1) is 23.4 Å². The van der Waals surface area contributed by atoms with Crippen LogP contribution in [0.1, 0.15) is 40.0 Å². The summed E-state index contributed by atoms with van der Waals surface area (Å²) in [5, 5.41) is 8.73. The molecule has 5 nitrogen and oxygen atoms in total. The molecule has 136 valence electrons. The summed E-state index contributed by atoms with van der Waals surface area (Å²) in [5.74, 6) is -2.69. The summed E-state index contributed by atoms with van der Waals surface area (Å²) >= 11 is 0. The van der Waals surface area contributed by atoms with Crippen molar-refractivity contribution in [2.24, 2.45) is 0 Å². The molecule has 1 aliphatic heterocycles. The number of carbonyl (C=O) groups is 2. The fraction of sp³-hybridized carbons (Fsp3) is 0.263. The van der Waals surface area contributed by atoms with E-state index >= 15 is 0 Å². The van der Waals surface area contributed by atoms with Crippen LogP contribution in [-0.2, 0) is 0 Å². The van der Waals surface area contributed by atoms with Crippen LogP contribution in [0.2, 0.25) is 0 Å². The lowest BCUT2D eigenvalue weighted by Gasteiger charge is -2.14. The van der Waals surface area contributed by atoms with Gasteiger partial charge in [-0.15, -0.1) is 0 Å². The molecular formula is C19H17F2NO4. The Hall–Kier alpha value is -2.80. The summed E-state index contributed by atoms with van der Waals surface area (Å²) in [6.45, 7) is 0.544. The summed E-state index contributed by atoms with van der Waals surface area (Å²) in [5.41, 5.74) is -0.0259. The minimum atomic E-state index is -0.986. The first-order valence-electron chi connectivity index (χ1n) is 8.24. The number of unbranched alkanes of at least 4 members (excludes halogenated alkanes) is 2. The summed E-state index contributed by atoms with van der Waals surface area (Å²) in [7, 11) is 0. The number of nitrogens with zero attached hydrogens (tertiary/aromatic N) is 1. The molecule has 2 aromatic carbocycles. The van der Waals surface area contributed by atoms with Crippen molar-refractivity contribution in [3.05, 3.63) is 59.2 Å². The second-order valence-corrected chi connectivity index (χ2v) is 5.88. The average Bonchev–Trinajstić information content (AvgIpc) is 2.86. The van der Waals surface area contributed by atoms with Crippen LogP contribution in [0, 0.1) is 11.6 Å². The minimum Gasteiger partial charge on any atom is -0.494 e. The molecule has 2 aromatic rings. The average molecular weight is 361 g/mol. The van der Waals surface area contributed by atoms with E-state index in [1.165, 1.54) is 12.1 Å². The van der Waals surface area contributed by atoms with Crippen LogP contribution < -0.4 is 9.64 Å². The number of aliphatic hydroxyl groups excluding tert-OH is 1. The molecule has 0 spiro atoms. The molecular weight excluding hydrogens is 344 g/mol. The molecule has 1 N–H and O–H groups in total. The van der Waals surface area contributed by atoms with Gasteiger partial charge in [-0.3, -0.25) is 9.59 Å². The fourth-order valence-electron chi connectivity index (χ4n) is 2.77. The number of rotatable bonds is 7. The number of aliphatic hydroxyl groups is 1. The Balaban J connectivity index is 1.79. The van der Waals surface area contributed by atoms with Crippen molar-refractivity contribution in [1.29, 1.82) is 0 Å². The summed E-state index contributed by atoms with van der Waals surface area (Å²) in [4.78, 5) is 25.7. The molecule has 7 heteroatoms. The molecule has 0 radical (unpaired) electrons. The number of hydrogen-bond donors (Lipinski definition) is 1. The smallest absolute Gasteiger partial charge is 0.266 e. The number of hydrogen-bond acceptors (Lipinski definition) is 4. The molecule has 1 heterocycles. The summed E-state index contributed by atoms with van der Waals surface area (Å²) in [6, 6.07) is 7.15. The third-order valence-corrected chi connectivity index (χ3v) is 4.08.